The van der Waals surface area contributed by atoms with Crippen LogP contribution in [-0.2, 0) is 6.18 Å². The van der Waals surface area contributed by atoms with E-state index in [1.54, 1.807) is 24.3 Å². The van der Waals surface area contributed by atoms with Gasteiger partial charge < -0.3 is 5.73 Å². The van der Waals surface area contributed by atoms with Crippen molar-refractivity contribution in [2.75, 3.05) is 5.73 Å². The van der Waals surface area contributed by atoms with Crippen LogP contribution in [0, 0.1) is 0 Å². The fourth-order valence-electron chi connectivity index (χ4n) is 3.01. The van der Waals surface area contributed by atoms with Crippen molar-refractivity contribution in [3.8, 4) is 16.9 Å². The lowest BCUT2D eigenvalue weighted by Gasteiger charge is -2.11. The highest BCUT2D eigenvalue weighted by Crippen LogP contribution is 2.41. The van der Waals surface area contributed by atoms with Gasteiger partial charge >= 0.3 is 6.18 Å². The molecule has 30 heavy (non-hydrogen) atoms. The van der Waals surface area contributed by atoms with Crippen LogP contribution in [0.2, 0.25) is 20.1 Å². The molecule has 0 fully saturated rings. The fraction of sp³-hybridized carbons (Fsp3) is 0.0526. The second kappa shape index (κ2) is 7.50. The number of hydrogen-bond acceptors (Lipinski definition) is 3. The third kappa shape index (κ3) is 3.67. The summed E-state index contributed by atoms with van der Waals surface area (Å²) < 4.78 is 42.6. The average molecular weight is 492 g/mol. The smallest absolute Gasteiger partial charge is 0.383 e. The summed E-state index contributed by atoms with van der Waals surface area (Å²) in [6.45, 7) is 0. The van der Waals surface area contributed by atoms with Crippen LogP contribution in [0.25, 0.3) is 28.0 Å². The third-order valence-electron chi connectivity index (χ3n) is 4.32. The van der Waals surface area contributed by atoms with Crippen LogP contribution in [0.5, 0.6) is 0 Å². The van der Waals surface area contributed by atoms with E-state index in [2.05, 4.69) is 10.1 Å². The molecule has 0 atom stereocenters. The molecule has 0 aliphatic rings. The minimum atomic E-state index is -4.71. The molecule has 0 amide bonds. The molecule has 0 radical (unpaired) electrons. The Morgan fingerprint density at radius 3 is 2.03 bits per heavy atom. The standard InChI is InChI=1S/C19H9Cl4F3N4/c20-9-3-1-8(2-4-9)14-7-11(19(24,25)26)15-17(27)30(29-18(15)28-14)16-12(22)5-10(21)6-13(16)23/h1-7H,27H2. The van der Waals surface area contributed by atoms with Crippen LogP contribution >= 0.6 is 46.4 Å². The van der Waals surface area contributed by atoms with Crippen molar-refractivity contribution in [1.82, 2.24) is 14.8 Å². The summed E-state index contributed by atoms with van der Waals surface area (Å²) in [7, 11) is 0. The first-order chi connectivity index (χ1) is 14.1. The Hall–Kier alpha value is -2.19. The molecule has 0 saturated carbocycles. The largest absolute Gasteiger partial charge is 0.417 e. The zero-order valence-corrected chi connectivity index (χ0v) is 17.6. The van der Waals surface area contributed by atoms with Gasteiger partial charge in [-0.1, -0.05) is 58.5 Å². The summed E-state index contributed by atoms with van der Waals surface area (Å²) in [6.07, 6.45) is -4.71. The molecule has 2 N–H and O–H groups in total. The van der Waals surface area contributed by atoms with E-state index in [-0.39, 0.29) is 43.3 Å². The highest BCUT2D eigenvalue weighted by Gasteiger charge is 2.36. The van der Waals surface area contributed by atoms with E-state index < -0.39 is 11.7 Å². The summed E-state index contributed by atoms with van der Waals surface area (Å²) in [5.41, 5.74) is 5.44. The molecule has 0 saturated heterocycles. The molecule has 0 spiro atoms. The van der Waals surface area contributed by atoms with Gasteiger partial charge in [-0.05, 0) is 30.3 Å². The zero-order valence-electron chi connectivity index (χ0n) is 14.6. The number of alkyl halides is 3. The van der Waals surface area contributed by atoms with E-state index >= 15 is 0 Å². The minimum Gasteiger partial charge on any atom is -0.383 e. The topological polar surface area (TPSA) is 56.7 Å². The van der Waals surface area contributed by atoms with Crippen LogP contribution in [0.15, 0.2) is 42.5 Å². The molecular weight excluding hydrogens is 483 g/mol. The van der Waals surface area contributed by atoms with Crippen molar-refractivity contribution < 1.29 is 13.2 Å². The second-order valence-electron chi connectivity index (χ2n) is 6.27. The van der Waals surface area contributed by atoms with Crippen LogP contribution < -0.4 is 5.73 Å². The number of nitrogens with two attached hydrogens (primary N) is 1. The number of pyridine rings is 1. The number of rotatable bonds is 2. The van der Waals surface area contributed by atoms with Gasteiger partial charge in [0.2, 0.25) is 0 Å². The molecule has 4 nitrogen and oxygen atoms in total. The van der Waals surface area contributed by atoms with Gasteiger partial charge in [0.15, 0.2) is 5.65 Å². The average Bonchev–Trinajstić information content (AvgIpc) is 2.96. The predicted octanol–water partition coefficient (Wildman–Crippen LogP) is 7.30. The van der Waals surface area contributed by atoms with Crippen LogP contribution in [0.1, 0.15) is 5.56 Å². The lowest BCUT2D eigenvalue weighted by atomic mass is 10.1. The molecule has 154 valence electrons. The monoisotopic (exact) mass is 490 g/mol. The molecule has 4 aromatic rings. The van der Waals surface area contributed by atoms with Gasteiger partial charge in [0, 0.05) is 15.6 Å². The number of hydrogen-bond donors (Lipinski definition) is 1. The molecule has 2 heterocycles. The molecule has 0 aliphatic carbocycles. The van der Waals surface area contributed by atoms with Gasteiger partial charge in [0.25, 0.3) is 0 Å². The number of nitrogens with zero attached hydrogens (tertiary/aromatic N) is 3. The maximum atomic E-state index is 13.9. The third-order valence-corrected chi connectivity index (χ3v) is 5.36. The molecule has 2 aromatic heterocycles. The summed E-state index contributed by atoms with van der Waals surface area (Å²) >= 11 is 24.2. The van der Waals surface area contributed by atoms with Gasteiger partial charge in [0.05, 0.1) is 26.7 Å². The predicted molar refractivity (Wildman–Crippen MR) is 114 cm³/mol. The van der Waals surface area contributed by atoms with Crippen molar-refractivity contribution in [2.45, 2.75) is 6.18 Å². The Bertz CT molecular complexity index is 1260. The van der Waals surface area contributed by atoms with Crippen LogP contribution in [0.4, 0.5) is 19.0 Å². The highest BCUT2D eigenvalue weighted by molar-refractivity contribution is 6.40. The summed E-state index contributed by atoms with van der Waals surface area (Å²) in [6, 6.07) is 9.90. The lowest BCUT2D eigenvalue weighted by molar-refractivity contribution is -0.136. The highest BCUT2D eigenvalue weighted by atomic mass is 35.5. The summed E-state index contributed by atoms with van der Waals surface area (Å²) in [5, 5.41) is 4.63. The fourth-order valence-corrected chi connectivity index (χ4v) is 4.11. The van der Waals surface area contributed by atoms with E-state index in [0.717, 1.165) is 10.7 Å². The van der Waals surface area contributed by atoms with Crippen molar-refractivity contribution in [2.24, 2.45) is 0 Å². The van der Waals surface area contributed by atoms with Crippen molar-refractivity contribution in [3.63, 3.8) is 0 Å². The number of nitrogen functional groups attached to an aromatic ring is 1. The number of fused-ring (bicyclic) bond motifs is 1. The SMILES string of the molecule is Nc1c2c(C(F)(F)F)cc(-c3ccc(Cl)cc3)nc2nn1-c1c(Cl)cc(Cl)cc1Cl. The lowest BCUT2D eigenvalue weighted by Crippen LogP contribution is -2.08. The molecule has 4 rings (SSSR count). The first kappa shape index (κ1) is 21.1. The van der Waals surface area contributed by atoms with Crippen molar-refractivity contribution >= 4 is 63.3 Å². The number of aromatic nitrogens is 3. The molecule has 2 aromatic carbocycles. The normalized spacial score (nSPS) is 12.0. The van der Waals surface area contributed by atoms with Crippen molar-refractivity contribution in [3.05, 3.63) is 68.1 Å². The van der Waals surface area contributed by atoms with E-state index in [1.807, 2.05) is 0 Å². The first-order valence-electron chi connectivity index (χ1n) is 8.23. The van der Waals surface area contributed by atoms with Gasteiger partial charge in [-0.15, -0.1) is 5.10 Å². The quantitative estimate of drug-likeness (QED) is 0.320. The Kier molecular flexibility index (Phi) is 5.26. The molecular formula is C19H9Cl4F3N4. The maximum Gasteiger partial charge on any atom is 0.417 e. The van der Waals surface area contributed by atoms with E-state index in [9.17, 15) is 13.2 Å². The van der Waals surface area contributed by atoms with Gasteiger partial charge in [-0.3, -0.25) is 0 Å². The van der Waals surface area contributed by atoms with Gasteiger partial charge in [0.1, 0.15) is 11.5 Å². The number of benzene rings is 2. The Morgan fingerprint density at radius 2 is 1.47 bits per heavy atom. The zero-order chi connectivity index (χ0) is 21.8. The Labute approximate surface area is 187 Å². The molecule has 0 aliphatic heterocycles. The van der Waals surface area contributed by atoms with Crippen LogP contribution in [-0.4, -0.2) is 14.8 Å². The van der Waals surface area contributed by atoms with E-state index in [0.29, 0.717) is 10.6 Å². The van der Waals surface area contributed by atoms with Crippen molar-refractivity contribution in [1.29, 1.82) is 0 Å². The second-order valence-corrected chi connectivity index (χ2v) is 7.96. The Balaban J connectivity index is 2.04. The first-order valence-corrected chi connectivity index (χ1v) is 9.74. The van der Waals surface area contributed by atoms with E-state index in [4.69, 9.17) is 52.1 Å². The maximum absolute atomic E-state index is 13.9. The minimum absolute atomic E-state index is 0.0597. The molecule has 0 bridgehead atoms. The van der Waals surface area contributed by atoms with E-state index in [1.165, 1.54) is 12.1 Å². The number of halogens is 7. The number of anilines is 1. The van der Waals surface area contributed by atoms with Gasteiger partial charge in [-0.25, -0.2) is 9.67 Å². The molecule has 11 heteroatoms. The van der Waals surface area contributed by atoms with Crippen LogP contribution in [0.3, 0.4) is 0 Å². The molecule has 0 unspecified atom stereocenters. The van der Waals surface area contributed by atoms with Gasteiger partial charge in [-0.2, -0.15) is 13.2 Å². The summed E-state index contributed by atoms with van der Waals surface area (Å²) in [5.74, 6) is -0.307. The Morgan fingerprint density at radius 1 is 0.867 bits per heavy atom. The summed E-state index contributed by atoms with van der Waals surface area (Å²) in [4.78, 5) is 4.27.